The van der Waals surface area contributed by atoms with Crippen LogP contribution in [0, 0.1) is 10.8 Å². The highest BCUT2D eigenvalue weighted by atomic mass is 16.4. The Kier molecular flexibility index (Phi) is 54.6. The van der Waals surface area contributed by atoms with Crippen LogP contribution in [-0.4, -0.2) is 95.6 Å². The van der Waals surface area contributed by atoms with E-state index in [0.29, 0.717) is 12.3 Å². The van der Waals surface area contributed by atoms with Crippen LogP contribution in [0.4, 0.5) is 0 Å². The lowest BCUT2D eigenvalue weighted by Gasteiger charge is -2.30. The van der Waals surface area contributed by atoms with Crippen LogP contribution >= 0.6 is 0 Å². The normalized spacial score (nSPS) is 13.4. The number of nitrogens with zero attached hydrogens (tertiary/aromatic N) is 3. The predicted octanol–water partition coefficient (Wildman–Crippen LogP) is 21.2. The quantitative estimate of drug-likeness (QED) is 0.0585. The van der Waals surface area contributed by atoms with Crippen LogP contribution in [0.2, 0.25) is 0 Å². The van der Waals surface area contributed by atoms with Gasteiger partial charge in [-0.15, -0.1) is 0 Å². The van der Waals surface area contributed by atoms with Gasteiger partial charge >= 0.3 is 11.9 Å². The van der Waals surface area contributed by atoms with E-state index in [4.69, 9.17) is 0 Å². The maximum atomic E-state index is 13.5. The van der Waals surface area contributed by atoms with Crippen molar-refractivity contribution < 1.29 is 24.6 Å². The summed E-state index contributed by atoms with van der Waals surface area (Å²) in [5, 5.41) is 21.4. The fourth-order valence-corrected chi connectivity index (χ4v) is 12.5. The maximum absolute atomic E-state index is 13.5. The first-order valence-corrected chi connectivity index (χ1v) is 35.2. The van der Waals surface area contributed by atoms with Gasteiger partial charge in [-0.05, 0) is 130 Å². The zero-order valence-electron chi connectivity index (χ0n) is 54.0. The molecule has 0 aromatic carbocycles. The summed E-state index contributed by atoms with van der Waals surface area (Å²) < 4.78 is 0. The van der Waals surface area contributed by atoms with E-state index in [1.807, 2.05) is 0 Å². The number of unbranched alkanes of at least 4 members (excludes halogenated alkanes) is 34. The molecule has 0 spiro atoms. The lowest BCUT2D eigenvalue weighted by Crippen LogP contribution is -2.33. The zero-order chi connectivity index (χ0) is 57.5. The summed E-state index contributed by atoms with van der Waals surface area (Å²) in [5.41, 5.74) is -1.10. The Labute approximate surface area is 487 Å². The number of amides is 1. The minimum absolute atomic E-state index is 0.379. The summed E-state index contributed by atoms with van der Waals surface area (Å²) in [4.78, 5) is 46.9. The van der Waals surface area contributed by atoms with Gasteiger partial charge in [0.05, 0.1) is 10.8 Å². The van der Waals surface area contributed by atoms with Crippen LogP contribution in [0.1, 0.15) is 369 Å². The van der Waals surface area contributed by atoms with E-state index >= 15 is 0 Å². The highest BCUT2D eigenvalue weighted by Gasteiger charge is 2.37. The van der Waals surface area contributed by atoms with Crippen LogP contribution < -0.4 is 0 Å². The number of hydrogen-bond acceptors (Lipinski definition) is 5. The maximum Gasteiger partial charge on any atom is 0.309 e. The van der Waals surface area contributed by atoms with Gasteiger partial charge in [0.25, 0.3) is 0 Å². The first kappa shape index (κ1) is 76.3. The molecule has 0 saturated heterocycles. The van der Waals surface area contributed by atoms with Crippen molar-refractivity contribution in [3.8, 4) is 0 Å². The Morgan fingerprint density at radius 3 is 0.795 bits per heavy atom. The molecular formula is C70H139N3O5. The molecule has 8 nitrogen and oxygen atoms in total. The third kappa shape index (κ3) is 43.1. The minimum atomic E-state index is -0.552. The van der Waals surface area contributed by atoms with E-state index in [2.05, 4.69) is 63.3 Å². The van der Waals surface area contributed by atoms with E-state index in [9.17, 15) is 24.6 Å². The lowest BCUT2D eigenvalue weighted by molar-refractivity contribution is -0.151. The van der Waals surface area contributed by atoms with Crippen molar-refractivity contribution in [1.82, 2.24) is 14.7 Å². The molecule has 0 rings (SSSR count). The average Bonchev–Trinajstić information content (AvgIpc) is 3.44. The molecule has 8 heteroatoms. The third-order valence-electron chi connectivity index (χ3n) is 18.1. The summed E-state index contributed by atoms with van der Waals surface area (Å²) in [5.74, 6) is -0.709. The number of rotatable bonds is 64. The number of hydrogen-bond donors (Lipinski definition) is 2. The fourth-order valence-electron chi connectivity index (χ4n) is 12.5. The largest absolute Gasteiger partial charge is 0.481 e. The van der Waals surface area contributed by atoms with Gasteiger partial charge in [0.2, 0.25) is 5.91 Å². The zero-order valence-corrected chi connectivity index (χ0v) is 54.0. The molecule has 2 N–H and O–H groups in total. The van der Waals surface area contributed by atoms with Crippen molar-refractivity contribution in [2.75, 3.05) is 52.9 Å². The second-order valence-electron chi connectivity index (χ2n) is 25.4. The van der Waals surface area contributed by atoms with Crippen LogP contribution in [0.5, 0.6) is 0 Å². The lowest BCUT2D eigenvalue weighted by atomic mass is 9.74. The molecule has 0 aromatic rings. The molecule has 2 unspecified atom stereocenters. The topological polar surface area (TPSA) is 101 Å². The van der Waals surface area contributed by atoms with Crippen molar-refractivity contribution in [1.29, 1.82) is 0 Å². The van der Waals surface area contributed by atoms with Gasteiger partial charge in [0.1, 0.15) is 0 Å². The SMILES string of the molecule is CCCCCCCCN(CCCCCCCC)C(=O)CCCCN(C)CCCCN(CCCCCCC(CCCCCC)(CCCCCCCC)C(=O)O)CCCCCCC(CCCCCC)(CCCCCCCC)C(=O)O. The van der Waals surface area contributed by atoms with Gasteiger partial charge in [-0.3, -0.25) is 14.4 Å². The standard InChI is InChI=1S/C70H139N3O5/c1-8-14-20-26-30-41-55-69(67(75)76,53-39-24-18-12-5)57-43-32-36-45-61-72(62-46-37-33-44-58-70(68(77)78,54-40-25-19-13-6)56-42-31-27-21-15-9-2)63-51-50-60-71(7)59-49-38-52-66(74)73(64-47-34-28-22-16-10-3)65-48-35-29-23-17-11-4/h8-65H2,1-7H3,(H,75,76)(H,77,78). The van der Waals surface area contributed by atoms with Crippen molar-refractivity contribution in [3.63, 3.8) is 0 Å². The Morgan fingerprint density at radius 1 is 0.282 bits per heavy atom. The van der Waals surface area contributed by atoms with Crippen LogP contribution in [0.25, 0.3) is 0 Å². The number of carbonyl (C=O) groups excluding carboxylic acids is 1. The summed E-state index contributed by atoms with van der Waals surface area (Å²) >= 11 is 0. The van der Waals surface area contributed by atoms with E-state index in [0.717, 1.165) is 200 Å². The summed E-state index contributed by atoms with van der Waals surface area (Å²) in [6.45, 7) is 20.9. The Balaban J connectivity index is 5.48. The Hall–Kier alpha value is -1.67. The molecule has 464 valence electrons. The molecule has 0 aliphatic carbocycles. The Morgan fingerprint density at radius 2 is 0.500 bits per heavy atom. The molecule has 1 amide bonds. The molecular weight excluding hydrogens is 963 g/mol. The summed E-state index contributed by atoms with van der Waals surface area (Å²) in [6.07, 6.45) is 57.9. The molecule has 0 bridgehead atoms. The monoisotopic (exact) mass is 1100 g/mol. The second kappa shape index (κ2) is 55.8. The molecule has 0 saturated carbocycles. The second-order valence-corrected chi connectivity index (χ2v) is 25.4. The molecule has 0 fully saturated rings. The average molecular weight is 1100 g/mol. The highest BCUT2D eigenvalue weighted by Crippen LogP contribution is 2.39. The van der Waals surface area contributed by atoms with E-state index in [1.165, 1.54) is 167 Å². The number of carbonyl (C=O) groups is 3. The summed E-state index contributed by atoms with van der Waals surface area (Å²) in [6, 6.07) is 0. The molecule has 0 aliphatic heterocycles. The molecule has 0 radical (unpaired) electrons. The highest BCUT2D eigenvalue weighted by molar-refractivity contribution is 5.76. The van der Waals surface area contributed by atoms with Crippen LogP contribution in [0.15, 0.2) is 0 Å². The van der Waals surface area contributed by atoms with Gasteiger partial charge in [0.15, 0.2) is 0 Å². The minimum Gasteiger partial charge on any atom is -0.481 e. The van der Waals surface area contributed by atoms with Crippen molar-refractivity contribution in [2.24, 2.45) is 10.8 Å². The van der Waals surface area contributed by atoms with Crippen molar-refractivity contribution in [2.45, 2.75) is 369 Å². The number of carboxylic acids is 2. The van der Waals surface area contributed by atoms with E-state index in [1.54, 1.807) is 0 Å². The molecule has 0 aromatic heterocycles. The molecule has 0 heterocycles. The first-order chi connectivity index (χ1) is 38.0. The third-order valence-corrected chi connectivity index (χ3v) is 18.1. The van der Waals surface area contributed by atoms with Crippen molar-refractivity contribution in [3.05, 3.63) is 0 Å². The van der Waals surface area contributed by atoms with E-state index < -0.39 is 22.8 Å². The van der Waals surface area contributed by atoms with Gasteiger partial charge in [0, 0.05) is 19.5 Å². The molecule has 0 aliphatic rings. The van der Waals surface area contributed by atoms with Gasteiger partial charge in [-0.2, -0.15) is 0 Å². The Bertz CT molecular complexity index is 1240. The fraction of sp³-hybridized carbons (Fsp3) is 0.957. The van der Waals surface area contributed by atoms with Gasteiger partial charge < -0.3 is 24.9 Å². The van der Waals surface area contributed by atoms with Crippen LogP contribution in [0.3, 0.4) is 0 Å². The number of aliphatic carboxylic acids is 2. The van der Waals surface area contributed by atoms with Gasteiger partial charge in [-0.1, -0.05) is 273 Å². The molecule has 2 atom stereocenters. The van der Waals surface area contributed by atoms with Gasteiger partial charge in [-0.25, -0.2) is 0 Å². The molecule has 78 heavy (non-hydrogen) atoms. The number of carboxylic acid groups (broad SMARTS) is 2. The smallest absolute Gasteiger partial charge is 0.309 e. The first-order valence-electron chi connectivity index (χ1n) is 35.2. The summed E-state index contributed by atoms with van der Waals surface area (Å²) in [7, 11) is 2.26. The van der Waals surface area contributed by atoms with Crippen LogP contribution in [-0.2, 0) is 14.4 Å². The van der Waals surface area contributed by atoms with Crippen molar-refractivity contribution >= 4 is 17.8 Å². The predicted molar refractivity (Wildman–Crippen MR) is 340 cm³/mol. The van der Waals surface area contributed by atoms with E-state index in [-0.39, 0.29) is 0 Å².